The molecule has 0 saturated carbocycles. The van der Waals surface area contributed by atoms with Crippen LogP contribution in [0.3, 0.4) is 0 Å². The van der Waals surface area contributed by atoms with E-state index >= 15 is 0 Å². The number of nitrogens with zero attached hydrogens (tertiary/aromatic N) is 5. The van der Waals surface area contributed by atoms with Gasteiger partial charge in [0.2, 0.25) is 0 Å². The van der Waals surface area contributed by atoms with Gasteiger partial charge in [0.05, 0.1) is 24.5 Å². The summed E-state index contributed by atoms with van der Waals surface area (Å²) in [6, 6.07) is 5.17. The maximum atomic E-state index is 12.2. The van der Waals surface area contributed by atoms with Gasteiger partial charge in [0.25, 0.3) is 5.56 Å². The van der Waals surface area contributed by atoms with Crippen LogP contribution in [0.15, 0.2) is 46.4 Å². The zero-order chi connectivity index (χ0) is 19.0. The molecule has 0 bridgehead atoms. The molecule has 4 rings (SSSR count). The number of hydrogen-bond acceptors (Lipinski definition) is 7. The summed E-state index contributed by atoms with van der Waals surface area (Å²) >= 11 is 0. The van der Waals surface area contributed by atoms with E-state index in [0.29, 0.717) is 23.4 Å². The number of H-pyrrole nitrogens is 1. The van der Waals surface area contributed by atoms with Crippen molar-refractivity contribution in [3.8, 4) is 11.4 Å². The number of hydrogen-bond donors (Lipinski definition) is 2. The van der Waals surface area contributed by atoms with Gasteiger partial charge in [0, 0.05) is 24.4 Å². The summed E-state index contributed by atoms with van der Waals surface area (Å²) in [5.41, 5.74) is 0.791. The Bertz CT molecular complexity index is 1060. The highest BCUT2D eigenvalue weighted by Gasteiger charge is 2.39. The fourth-order valence-electron chi connectivity index (χ4n) is 3.29. The molecule has 27 heavy (non-hydrogen) atoms. The molecule has 10 heteroatoms. The topological polar surface area (TPSA) is 128 Å². The van der Waals surface area contributed by atoms with Gasteiger partial charge < -0.3 is 9.84 Å². The summed E-state index contributed by atoms with van der Waals surface area (Å²) in [7, 11) is 0. The number of aliphatic hydroxyl groups is 1. The van der Waals surface area contributed by atoms with Gasteiger partial charge in [-0.2, -0.15) is 0 Å². The number of nitrogens with one attached hydrogen (secondary N) is 1. The highest BCUT2D eigenvalue weighted by molar-refractivity contribution is 5.52. The molecule has 0 amide bonds. The van der Waals surface area contributed by atoms with Crippen LogP contribution in [0.5, 0.6) is 0 Å². The second kappa shape index (κ2) is 6.89. The summed E-state index contributed by atoms with van der Waals surface area (Å²) in [6.45, 7) is 1.36. The first kappa shape index (κ1) is 17.3. The van der Waals surface area contributed by atoms with E-state index in [-0.39, 0.29) is 12.6 Å². The lowest BCUT2D eigenvalue weighted by Gasteiger charge is -2.17. The largest absolute Gasteiger partial charge is 0.394 e. The number of ether oxygens (including phenoxy) is 1. The maximum Gasteiger partial charge on any atom is 0.330 e. The van der Waals surface area contributed by atoms with Gasteiger partial charge in [-0.25, -0.2) is 9.48 Å². The highest BCUT2D eigenvalue weighted by atomic mass is 16.5. The highest BCUT2D eigenvalue weighted by Crippen LogP contribution is 2.37. The third-order valence-electron chi connectivity index (χ3n) is 4.66. The van der Waals surface area contributed by atoms with Crippen LogP contribution in [0.4, 0.5) is 0 Å². The van der Waals surface area contributed by atoms with Crippen LogP contribution in [0.2, 0.25) is 0 Å². The van der Waals surface area contributed by atoms with Crippen LogP contribution in [-0.4, -0.2) is 47.3 Å². The van der Waals surface area contributed by atoms with Crippen LogP contribution in [-0.2, 0) is 4.74 Å². The van der Waals surface area contributed by atoms with E-state index in [4.69, 9.17) is 4.74 Å². The van der Waals surface area contributed by atoms with Crippen LogP contribution >= 0.6 is 0 Å². The van der Waals surface area contributed by atoms with Crippen molar-refractivity contribution >= 4 is 0 Å². The quantitative estimate of drug-likeness (QED) is 0.662. The van der Waals surface area contributed by atoms with Crippen molar-refractivity contribution in [1.29, 1.82) is 0 Å². The van der Waals surface area contributed by atoms with E-state index < -0.39 is 23.6 Å². The Morgan fingerprint density at radius 3 is 2.96 bits per heavy atom. The first-order valence-electron chi connectivity index (χ1n) is 8.48. The van der Waals surface area contributed by atoms with Crippen LogP contribution < -0.4 is 11.2 Å². The Morgan fingerprint density at radius 1 is 1.37 bits per heavy atom. The number of aromatic amines is 1. The minimum atomic E-state index is -0.643. The van der Waals surface area contributed by atoms with E-state index in [0.717, 1.165) is 0 Å². The predicted molar refractivity (Wildman–Crippen MR) is 94.0 cm³/mol. The average Bonchev–Trinajstić information content (AvgIpc) is 3.31. The molecule has 0 spiro atoms. The molecule has 1 fully saturated rings. The van der Waals surface area contributed by atoms with Gasteiger partial charge in [0.15, 0.2) is 0 Å². The molecule has 1 saturated heterocycles. The summed E-state index contributed by atoms with van der Waals surface area (Å²) in [4.78, 5) is 30.4. The lowest BCUT2D eigenvalue weighted by Crippen LogP contribution is -2.33. The molecule has 10 nitrogen and oxygen atoms in total. The molecule has 1 aliphatic heterocycles. The third kappa shape index (κ3) is 3.09. The summed E-state index contributed by atoms with van der Waals surface area (Å²) in [5, 5.41) is 17.9. The molecule has 1 aliphatic rings. The fourth-order valence-corrected chi connectivity index (χ4v) is 3.29. The molecule has 0 unspecified atom stereocenters. The van der Waals surface area contributed by atoms with Gasteiger partial charge >= 0.3 is 5.69 Å². The van der Waals surface area contributed by atoms with Crippen molar-refractivity contribution in [3.63, 3.8) is 0 Å². The van der Waals surface area contributed by atoms with Crippen LogP contribution in [0.25, 0.3) is 11.4 Å². The molecule has 3 atom stereocenters. The van der Waals surface area contributed by atoms with E-state index in [1.165, 1.54) is 10.8 Å². The minimum Gasteiger partial charge on any atom is -0.394 e. The first-order chi connectivity index (χ1) is 13.1. The smallest absolute Gasteiger partial charge is 0.330 e. The van der Waals surface area contributed by atoms with Gasteiger partial charge in [-0.1, -0.05) is 11.3 Å². The third-order valence-corrected chi connectivity index (χ3v) is 4.66. The molecule has 0 radical (unpaired) electrons. The van der Waals surface area contributed by atoms with E-state index in [2.05, 4.69) is 20.3 Å². The lowest BCUT2D eigenvalue weighted by molar-refractivity contribution is -0.0322. The molecule has 140 valence electrons. The molecule has 2 N–H and O–H groups in total. The molecule has 3 aromatic rings. The Kier molecular flexibility index (Phi) is 4.42. The normalized spacial score (nSPS) is 22.2. The average molecular weight is 370 g/mol. The summed E-state index contributed by atoms with van der Waals surface area (Å²) in [5.74, 6) is 0. The van der Waals surface area contributed by atoms with Gasteiger partial charge in [-0.3, -0.25) is 19.3 Å². The second-order valence-corrected chi connectivity index (χ2v) is 6.37. The zero-order valence-corrected chi connectivity index (χ0v) is 14.5. The molecule has 4 heterocycles. The lowest BCUT2D eigenvalue weighted by atomic mass is 10.1. The number of aryl methyl sites for hydroxylation is 1. The number of aliphatic hydroxyl groups excluding tert-OH is 1. The number of pyridine rings is 1. The summed E-state index contributed by atoms with van der Waals surface area (Å²) in [6.07, 6.45) is 3.88. The SMILES string of the molecule is Cc1cn([C@H]2C[C@H](n3nncc3-c3ccccn3)[C@@H](CO)O2)c(=O)[nH]c1=O. The maximum absolute atomic E-state index is 12.2. The zero-order valence-electron chi connectivity index (χ0n) is 14.5. The number of rotatable bonds is 4. The van der Waals surface area contributed by atoms with Crippen molar-refractivity contribution in [3.05, 3.63) is 63.2 Å². The van der Waals surface area contributed by atoms with E-state index in [1.807, 2.05) is 18.2 Å². The van der Waals surface area contributed by atoms with Crippen LogP contribution in [0, 0.1) is 6.92 Å². The Hall–Kier alpha value is -3.11. The van der Waals surface area contributed by atoms with E-state index in [9.17, 15) is 14.7 Å². The fraction of sp³-hybridized carbons (Fsp3) is 0.353. The Morgan fingerprint density at radius 2 is 2.22 bits per heavy atom. The monoisotopic (exact) mass is 370 g/mol. The molecule has 0 aliphatic carbocycles. The molecule has 0 aromatic carbocycles. The standard InChI is InChI=1S/C17H18N6O4/c1-10-8-22(17(26)20-16(10)25)15-6-12(14(9-24)27-15)23-13(7-19-21-23)11-4-2-3-5-18-11/h2-5,7-8,12,14-15,24H,6,9H2,1H3,(H,20,25,26)/t12-,14+,15+/m0/s1. The Balaban J connectivity index is 1.70. The van der Waals surface area contributed by atoms with Crippen molar-refractivity contribution in [1.82, 2.24) is 29.5 Å². The van der Waals surface area contributed by atoms with Crippen molar-refractivity contribution in [2.45, 2.75) is 31.7 Å². The van der Waals surface area contributed by atoms with Crippen molar-refractivity contribution in [2.75, 3.05) is 6.61 Å². The Labute approximate surface area is 153 Å². The van der Waals surface area contributed by atoms with Crippen molar-refractivity contribution in [2.24, 2.45) is 0 Å². The van der Waals surface area contributed by atoms with Crippen molar-refractivity contribution < 1.29 is 9.84 Å². The minimum absolute atomic E-state index is 0.250. The van der Waals surface area contributed by atoms with Gasteiger partial charge in [0.1, 0.15) is 18.0 Å². The second-order valence-electron chi connectivity index (χ2n) is 6.37. The molecular weight excluding hydrogens is 352 g/mol. The summed E-state index contributed by atoms with van der Waals surface area (Å²) < 4.78 is 8.87. The number of aromatic nitrogens is 6. The molecular formula is C17H18N6O4. The molecule has 3 aromatic heterocycles. The van der Waals surface area contributed by atoms with Crippen LogP contribution in [0.1, 0.15) is 24.3 Å². The van der Waals surface area contributed by atoms with E-state index in [1.54, 1.807) is 24.0 Å². The van der Waals surface area contributed by atoms with Gasteiger partial charge in [-0.05, 0) is 19.1 Å². The predicted octanol–water partition coefficient (Wildman–Crippen LogP) is 0.0196. The first-order valence-corrected chi connectivity index (χ1v) is 8.48. The van der Waals surface area contributed by atoms with Gasteiger partial charge in [-0.15, -0.1) is 5.10 Å².